The van der Waals surface area contributed by atoms with E-state index in [0.717, 1.165) is 12.3 Å². The fraction of sp³-hybridized carbons (Fsp3) is 0.368. The molecule has 0 saturated carbocycles. The second kappa shape index (κ2) is 8.39. The highest BCUT2D eigenvalue weighted by Gasteiger charge is 2.28. The lowest BCUT2D eigenvalue weighted by molar-refractivity contribution is 0.181. The van der Waals surface area contributed by atoms with Crippen molar-refractivity contribution in [2.45, 2.75) is 18.4 Å². The number of benzene rings is 2. The number of rotatable bonds is 6. The third-order valence-corrected chi connectivity index (χ3v) is 6.54. The summed E-state index contributed by atoms with van der Waals surface area (Å²) in [6.45, 7) is 5.78. The van der Waals surface area contributed by atoms with Gasteiger partial charge in [-0.1, -0.05) is 29.8 Å². The lowest BCUT2D eigenvalue weighted by Gasteiger charge is -2.34. The van der Waals surface area contributed by atoms with Crippen molar-refractivity contribution in [3.8, 4) is 5.75 Å². The van der Waals surface area contributed by atoms with Crippen LogP contribution < -0.4 is 4.74 Å². The number of nitrogens with zero attached hydrogens (tertiary/aromatic N) is 2. The number of hydrogen-bond acceptors (Lipinski definition) is 4. The van der Waals surface area contributed by atoms with Gasteiger partial charge in [0, 0.05) is 37.7 Å². The Morgan fingerprint density at radius 1 is 1.04 bits per heavy atom. The number of piperazine rings is 1. The summed E-state index contributed by atoms with van der Waals surface area (Å²) in [5.74, 6) is 0.869. The Hall–Kier alpha value is -1.60. The Morgan fingerprint density at radius 2 is 1.73 bits per heavy atom. The average molecular weight is 395 g/mol. The maximum Gasteiger partial charge on any atom is 0.243 e. The molecule has 3 rings (SSSR count). The maximum atomic E-state index is 12.7. The lowest BCUT2D eigenvalue weighted by atomic mass is 10.2. The quantitative estimate of drug-likeness (QED) is 0.754. The third kappa shape index (κ3) is 4.57. The second-order valence-electron chi connectivity index (χ2n) is 6.21. The van der Waals surface area contributed by atoms with Crippen LogP contribution in [-0.4, -0.2) is 50.4 Å². The van der Waals surface area contributed by atoms with Crippen molar-refractivity contribution in [2.75, 3.05) is 32.8 Å². The van der Waals surface area contributed by atoms with Gasteiger partial charge in [0.05, 0.1) is 11.5 Å². The van der Waals surface area contributed by atoms with Crippen LogP contribution in [0.5, 0.6) is 5.75 Å². The van der Waals surface area contributed by atoms with Crippen LogP contribution in [0.2, 0.25) is 5.02 Å². The van der Waals surface area contributed by atoms with Crippen LogP contribution in [0.3, 0.4) is 0 Å². The molecular formula is C19H23ClN2O3S. The van der Waals surface area contributed by atoms with E-state index in [9.17, 15) is 8.42 Å². The molecule has 1 aliphatic heterocycles. The number of sulfonamides is 1. The Morgan fingerprint density at radius 3 is 2.35 bits per heavy atom. The minimum absolute atomic E-state index is 0.255. The highest BCUT2D eigenvalue weighted by molar-refractivity contribution is 7.89. The molecule has 0 bridgehead atoms. The van der Waals surface area contributed by atoms with Gasteiger partial charge in [-0.2, -0.15) is 4.31 Å². The summed E-state index contributed by atoms with van der Waals surface area (Å²) in [7, 11) is -3.49. The zero-order valence-corrected chi connectivity index (χ0v) is 16.3. The van der Waals surface area contributed by atoms with Gasteiger partial charge in [-0.25, -0.2) is 8.42 Å². The average Bonchev–Trinajstić information content (AvgIpc) is 2.64. The smallest absolute Gasteiger partial charge is 0.243 e. The summed E-state index contributed by atoms with van der Waals surface area (Å²) in [6, 6.07) is 14.5. The van der Waals surface area contributed by atoms with Crippen molar-refractivity contribution < 1.29 is 13.2 Å². The van der Waals surface area contributed by atoms with Crippen molar-refractivity contribution in [2.24, 2.45) is 0 Å². The summed E-state index contributed by atoms with van der Waals surface area (Å²) in [4.78, 5) is 2.52. The molecule has 5 nitrogen and oxygen atoms in total. The molecule has 1 heterocycles. The molecule has 0 amide bonds. The summed E-state index contributed by atoms with van der Waals surface area (Å²) < 4.78 is 32.5. The van der Waals surface area contributed by atoms with Crippen LogP contribution in [0.25, 0.3) is 0 Å². The van der Waals surface area contributed by atoms with Crippen molar-refractivity contribution in [3.63, 3.8) is 0 Å². The van der Waals surface area contributed by atoms with E-state index >= 15 is 0 Å². The monoisotopic (exact) mass is 394 g/mol. The molecule has 0 radical (unpaired) electrons. The van der Waals surface area contributed by atoms with Crippen LogP contribution in [-0.2, 0) is 16.6 Å². The fourth-order valence-electron chi connectivity index (χ4n) is 3.02. The molecule has 1 fully saturated rings. The van der Waals surface area contributed by atoms with Gasteiger partial charge in [-0.05, 0) is 42.8 Å². The highest BCUT2D eigenvalue weighted by atomic mass is 35.5. The second-order valence-corrected chi connectivity index (χ2v) is 8.59. The van der Waals surface area contributed by atoms with Gasteiger partial charge in [0.15, 0.2) is 0 Å². The van der Waals surface area contributed by atoms with Crippen molar-refractivity contribution in [1.29, 1.82) is 0 Å². The molecule has 0 aliphatic carbocycles. The Labute approximate surface area is 160 Å². The number of ether oxygens (including phenoxy) is 1. The van der Waals surface area contributed by atoms with Crippen molar-refractivity contribution >= 4 is 21.6 Å². The molecule has 0 spiro atoms. The first-order chi connectivity index (χ1) is 12.5. The fourth-order valence-corrected chi connectivity index (χ4v) is 4.74. The molecule has 0 N–H and O–H groups in total. The topological polar surface area (TPSA) is 49.9 Å². The van der Waals surface area contributed by atoms with Crippen LogP contribution in [0.1, 0.15) is 12.5 Å². The first kappa shape index (κ1) is 19.2. The standard InChI is InChI=1S/C19H23ClN2O3S/c1-2-25-18-8-6-16(7-9-18)15-21-10-12-22(13-11-21)26(23,24)19-5-3-4-17(20)14-19/h3-9,14H,2,10-13,15H2,1H3. The number of halogens is 1. The van der Waals surface area contributed by atoms with Crippen LogP contribution >= 0.6 is 11.6 Å². The molecule has 140 valence electrons. The maximum absolute atomic E-state index is 12.7. The third-order valence-electron chi connectivity index (χ3n) is 4.41. The summed E-state index contributed by atoms with van der Waals surface area (Å²) in [5.41, 5.74) is 1.19. The lowest BCUT2D eigenvalue weighted by Crippen LogP contribution is -2.48. The van der Waals surface area contributed by atoms with E-state index in [0.29, 0.717) is 37.8 Å². The SMILES string of the molecule is CCOc1ccc(CN2CCN(S(=O)(=O)c3cccc(Cl)c3)CC2)cc1. The minimum atomic E-state index is -3.49. The molecule has 1 saturated heterocycles. The summed E-state index contributed by atoms with van der Waals surface area (Å²) in [6.07, 6.45) is 0. The molecule has 0 atom stereocenters. The molecular weight excluding hydrogens is 372 g/mol. The zero-order valence-electron chi connectivity index (χ0n) is 14.8. The molecule has 2 aromatic rings. The molecule has 1 aliphatic rings. The van der Waals surface area contributed by atoms with Gasteiger partial charge in [-0.3, -0.25) is 4.90 Å². The van der Waals surface area contributed by atoms with Crippen LogP contribution in [0.4, 0.5) is 0 Å². The van der Waals surface area contributed by atoms with E-state index in [2.05, 4.69) is 17.0 Å². The predicted octanol–water partition coefficient (Wildman–Crippen LogP) is 3.25. The summed E-state index contributed by atoms with van der Waals surface area (Å²) in [5, 5.41) is 0.431. The molecule has 7 heteroatoms. The Balaban J connectivity index is 1.58. The van der Waals surface area contributed by atoms with E-state index in [1.54, 1.807) is 18.2 Å². The molecule has 0 aromatic heterocycles. The predicted molar refractivity (Wildman–Crippen MR) is 103 cm³/mol. The number of hydrogen-bond donors (Lipinski definition) is 0. The van der Waals surface area contributed by atoms with E-state index in [1.165, 1.54) is 15.9 Å². The molecule has 2 aromatic carbocycles. The van der Waals surface area contributed by atoms with Gasteiger partial charge in [0.25, 0.3) is 0 Å². The van der Waals surface area contributed by atoms with Crippen molar-refractivity contribution in [3.05, 3.63) is 59.1 Å². The van der Waals surface area contributed by atoms with Gasteiger partial charge >= 0.3 is 0 Å². The van der Waals surface area contributed by atoms with E-state index < -0.39 is 10.0 Å². The highest BCUT2D eigenvalue weighted by Crippen LogP contribution is 2.21. The first-order valence-electron chi connectivity index (χ1n) is 8.69. The summed E-state index contributed by atoms with van der Waals surface area (Å²) >= 11 is 5.93. The molecule has 26 heavy (non-hydrogen) atoms. The van der Waals surface area contributed by atoms with Crippen LogP contribution in [0, 0.1) is 0 Å². The largest absolute Gasteiger partial charge is 0.494 e. The normalized spacial score (nSPS) is 16.5. The Bertz CT molecular complexity index is 832. The van der Waals surface area contributed by atoms with Gasteiger partial charge in [0.1, 0.15) is 5.75 Å². The van der Waals surface area contributed by atoms with Gasteiger partial charge in [0.2, 0.25) is 10.0 Å². The van der Waals surface area contributed by atoms with E-state index in [1.807, 2.05) is 19.1 Å². The van der Waals surface area contributed by atoms with Crippen LogP contribution in [0.15, 0.2) is 53.4 Å². The zero-order chi connectivity index (χ0) is 18.6. The minimum Gasteiger partial charge on any atom is -0.494 e. The Kier molecular flexibility index (Phi) is 6.19. The van der Waals surface area contributed by atoms with E-state index in [-0.39, 0.29) is 4.90 Å². The first-order valence-corrected chi connectivity index (χ1v) is 10.5. The van der Waals surface area contributed by atoms with Crippen molar-refractivity contribution in [1.82, 2.24) is 9.21 Å². The molecule has 0 unspecified atom stereocenters. The van der Waals surface area contributed by atoms with Gasteiger partial charge < -0.3 is 4.74 Å². The van der Waals surface area contributed by atoms with Gasteiger partial charge in [-0.15, -0.1) is 0 Å². The van der Waals surface area contributed by atoms with E-state index in [4.69, 9.17) is 16.3 Å².